The minimum atomic E-state index is -0.496. The summed E-state index contributed by atoms with van der Waals surface area (Å²) in [6.45, 7) is 0.581. The van der Waals surface area contributed by atoms with Crippen molar-refractivity contribution in [1.82, 2.24) is 9.88 Å². The number of nitrogens with zero attached hydrogens (tertiary/aromatic N) is 1. The maximum Gasteiger partial charge on any atom is 0.354 e. The molecule has 0 fully saturated rings. The topological polar surface area (TPSA) is 73.5 Å². The van der Waals surface area contributed by atoms with Crippen LogP contribution in [0, 0.1) is 0 Å². The first kappa shape index (κ1) is 18.5. The Bertz CT molecular complexity index is 882. The van der Waals surface area contributed by atoms with E-state index in [0.717, 1.165) is 12.8 Å². The second kappa shape index (κ2) is 8.89. The molecule has 3 rings (SSSR count). The maximum atomic E-state index is 12.4. The summed E-state index contributed by atoms with van der Waals surface area (Å²) in [5.74, 6) is -0.0797. The summed E-state index contributed by atoms with van der Waals surface area (Å²) in [5.41, 5.74) is 2.20. The second-order valence-corrected chi connectivity index (χ2v) is 6.10. The molecule has 2 heterocycles. The van der Waals surface area contributed by atoms with Crippen molar-refractivity contribution >= 4 is 11.9 Å². The number of aryl methyl sites for hydroxylation is 1. The van der Waals surface area contributed by atoms with E-state index in [1.165, 1.54) is 12.7 Å². The molecule has 0 spiro atoms. The molecule has 2 aromatic heterocycles. The Hall–Kier alpha value is -3.28. The van der Waals surface area contributed by atoms with Gasteiger partial charge in [-0.25, -0.2) is 4.79 Å². The number of nitrogens with one attached hydrogen (secondary N) is 1. The highest BCUT2D eigenvalue weighted by molar-refractivity contribution is 5.90. The third-order valence-corrected chi connectivity index (χ3v) is 4.26. The molecule has 0 unspecified atom stereocenters. The number of hydrogen-bond donors (Lipinski definition) is 1. The average Bonchev–Trinajstić information content (AvgIpc) is 3.35. The van der Waals surface area contributed by atoms with Gasteiger partial charge in [0.1, 0.15) is 18.0 Å². The fraction of sp³-hybridized carbons (Fsp3) is 0.238. The zero-order chi connectivity index (χ0) is 19.1. The molecule has 6 heteroatoms. The Morgan fingerprint density at radius 1 is 1.07 bits per heavy atom. The number of rotatable bonds is 8. The van der Waals surface area contributed by atoms with Crippen LogP contribution in [0.5, 0.6) is 0 Å². The molecule has 3 aromatic rings. The van der Waals surface area contributed by atoms with Crippen LogP contribution in [0.1, 0.15) is 22.5 Å². The van der Waals surface area contributed by atoms with Gasteiger partial charge in [0.2, 0.25) is 5.91 Å². The lowest BCUT2D eigenvalue weighted by Crippen LogP contribution is -2.30. The number of carbonyl (C=O) groups excluding carboxylic acids is 2. The van der Waals surface area contributed by atoms with E-state index in [1.807, 2.05) is 18.2 Å². The molecular weight excluding hydrogens is 344 g/mol. The number of carbonyl (C=O) groups is 2. The fourth-order valence-corrected chi connectivity index (χ4v) is 2.92. The molecule has 0 aliphatic heterocycles. The number of hydrogen-bond acceptors (Lipinski definition) is 4. The van der Waals surface area contributed by atoms with Crippen molar-refractivity contribution in [2.75, 3.05) is 13.7 Å². The molecule has 27 heavy (non-hydrogen) atoms. The minimum Gasteiger partial charge on any atom is -0.464 e. The molecule has 0 atom stereocenters. The first-order valence-corrected chi connectivity index (χ1v) is 8.81. The van der Waals surface area contributed by atoms with Gasteiger partial charge in [-0.2, -0.15) is 0 Å². The van der Waals surface area contributed by atoms with E-state index in [0.29, 0.717) is 23.7 Å². The molecular formula is C21H22N2O4. The number of furan rings is 1. The molecule has 1 amide bonds. The van der Waals surface area contributed by atoms with Crippen LogP contribution in [-0.4, -0.2) is 30.1 Å². The zero-order valence-corrected chi connectivity index (χ0v) is 15.2. The third-order valence-electron chi connectivity index (χ3n) is 4.26. The molecule has 1 aromatic carbocycles. The first-order chi connectivity index (χ1) is 13.2. The standard InChI is InChI=1S/C21H22N2O4/c1-26-21(25)18-12-11-17(19-10-6-14-27-19)23(18)15-20(24)22-13-5-9-16-7-3-2-4-8-16/h2-4,6-8,10-12,14H,5,9,13,15H2,1H3,(H,22,24). The van der Waals surface area contributed by atoms with Crippen LogP contribution in [0.2, 0.25) is 0 Å². The van der Waals surface area contributed by atoms with Crippen molar-refractivity contribution in [3.8, 4) is 11.5 Å². The number of ether oxygens (including phenoxy) is 1. The van der Waals surface area contributed by atoms with Gasteiger partial charge in [-0.15, -0.1) is 0 Å². The van der Waals surface area contributed by atoms with E-state index in [1.54, 1.807) is 35.1 Å². The summed E-state index contributed by atoms with van der Waals surface area (Å²) < 4.78 is 11.8. The molecule has 6 nitrogen and oxygen atoms in total. The first-order valence-electron chi connectivity index (χ1n) is 8.81. The van der Waals surface area contributed by atoms with Gasteiger partial charge in [0, 0.05) is 6.54 Å². The number of aromatic nitrogens is 1. The van der Waals surface area contributed by atoms with E-state index in [4.69, 9.17) is 9.15 Å². The monoisotopic (exact) mass is 366 g/mol. The Morgan fingerprint density at radius 2 is 1.89 bits per heavy atom. The Morgan fingerprint density at radius 3 is 2.59 bits per heavy atom. The largest absolute Gasteiger partial charge is 0.464 e. The summed E-state index contributed by atoms with van der Waals surface area (Å²) >= 11 is 0. The fourth-order valence-electron chi connectivity index (χ4n) is 2.92. The number of benzene rings is 1. The molecule has 0 saturated heterocycles. The smallest absolute Gasteiger partial charge is 0.354 e. The lowest BCUT2D eigenvalue weighted by atomic mass is 10.1. The molecule has 0 bridgehead atoms. The quantitative estimate of drug-likeness (QED) is 0.490. The van der Waals surface area contributed by atoms with Crippen molar-refractivity contribution in [2.24, 2.45) is 0 Å². The highest BCUT2D eigenvalue weighted by Crippen LogP contribution is 2.23. The van der Waals surface area contributed by atoms with Gasteiger partial charge >= 0.3 is 5.97 Å². The predicted octanol–water partition coefficient (Wildman–Crippen LogP) is 3.28. The van der Waals surface area contributed by atoms with Crippen molar-refractivity contribution < 1.29 is 18.7 Å². The van der Waals surface area contributed by atoms with E-state index in [9.17, 15) is 9.59 Å². The lowest BCUT2D eigenvalue weighted by molar-refractivity contribution is -0.121. The van der Waals surface area contributed by atoms with Gasteiger partial charge in [-0.1, -0.05) is 30.3 Å². The van der Waals surface area contributed by atoms with Crippen LogP contribution < -0.4 is 5.32 Å². The lowest BCUT2D eigenvalue weighted by Gasteiger charge is -2.12. The van der Waals surface area contributed by atoms with Crippen LogP contribution in [0.4, 0.5) is 0 Å². The van der Waals surface area contributed by atoms with Gasteiger partial charge in [-0.3, -0.25) is 4.79 Å². The van der Waals surface area contributed by atoms with Crippen molar-refractivity contribution in [3.63, 3.8) is 0 Å². The molecule has 0 aliphatic carbocycles. The van der Waals surface area contributed by atoms with Crippen molar-refractivity contribution in [3.05, 3.63) is 72.1 Å². The predicted molar refractivity (Wildman–Crippen MR) is 101 cm³/mol. The summed E-state index contributed by atoms with van der Waals surface area (Å²) in [7, 11) is 1.32. The SMILES string of the molecule is COC(=O)c1ccc(-c2ccco2)n1CC(=O)NCCCc1ccccc1. The molecule has 0 radical (unpaired) electrons. The van der Waals surface area contributed by atoms with Crippen LogP contribution in [0.3, 0.4) is 0 Å². The Kier molecular flexibility index (Phi) is 6.10. The summed E-state index contributed by atoms with van der Waals surface area (Å²) in [5, 5.41) is 2.91. The van der Waals surface area contributed by atoms with Gasteiger partial charge < -0.3 is 19.0 Å². The van der Waals surface area contributed by atoms with Crippen molar-refractivity contribution in [1.29, 1.82) is 0 Å². The van der Waals surface area contributed by atoms with Gasteiger partial charge in [0.15, 0.2) is 0 Å². The second-order valence-electron chi connectivity index (χ2n) is 6.10. The third kappa shape index (κ3) is 4.67. The average molecular weight is 366 g/mol. The molecule has 0 saturated carbocycles. The normalized spacial score (nSPS) is 10.6. The molecule has 1 N–H and O–H groups in total. The summed E-state index contributed by atoms with van der Waals surface area (Å²) in [6, 6.07) is 17.0. The summed E-state index contributed by atoms with van der Waals surface area (Å²) in [6.07, 6.45) is 3.29. The maximum absolute atomic E-state index is 12.4. The van der Waals surface area contributed by atoms with E-state index in [2.05, 4.69) is 17.4 Å². The van der Waals surface area contributed by atoms with Gasteiger partial charge in [0.05, 0.1) is 19.1 Å². The Labute approximate surface area is 157 Å². The van der Waals surface area contributed by atoms with E-state index < -0.39 is 5.97 Å². The minimum absolute atomic E-state index is 0.0127. The molecule has 140 valence electrons. The van der Waals surface area contributed by atoms with E-state index in [-0.39, 0.29) is 12.5 Å². The van der Waals surface area contributed by atoms with Gasteiger partial charge in [-0.05, 0) is 42.7 Å². The zero-order valence-electron chi connectivity index (χ0n) is 15.2. The van der Waals surface area contributed by atoms with E-state index >= 15 is 0 Å². The Balaban J connectivity index is 1.62. The molecule has 0 aliphatic rings. The number of methoxy groups -OCH3 is 1. The van der Waals surface area contributed by atoms with Crippen molar-refractivity contribution in [2.45, 2.75) is 19.4 Å². The van der Waals surface area contributed by atoms with Crippen LogP contribution in [0.15, 0.2) is 65.3 Å². The highest BCUT2D eigenvalue weighted by Gasteiger charge is 2.19. The number of amides is 1. The van der Waals surface area contributed by atoms with Crippen LogP contribution in [0.25, 0.3) is 11.5 Å². The van der Waals surface area contributed by atoms with Crippen LogP contribution in [-0.2, 0) is 22.5 Å². The number of esters is 1. The summed E-state index contributed by atoms with van der Waals surface area (Å²) in [4.78, 5) is 24.4. The highest BCUT2D eigenvalue weighted by atomic mass is 16.5. The van der Waals surface area contributed by atoms with Crippen LogP contribution >= 0.6 is 0 Å². The van der Waals surface area contributed by atoms with Gasteiger partial charge in [0.25, 0.3) is 0 Å².